The molecule has 262 valence electrons. The highest BCUT2D eigenvalue weighted by Gasteiger charge is 2.39. The van der Waals surface area contributed by atoms with Gasteiger partial charge >= 0.3 is 5.69 Å². The number of H-pyrrole nitrogens is 1. The molecule has 0 saturated carbocycles. The Morgan fingerprint density at radius 3 is 2.39 bits per heavy atom. The first kappa shape index (κ1) is 34.5. The SMILES string of the molecule is CCN(c1cc(-c2ccc3c(c2)n(C2CN(C(F)C(F)F)C2)c(=O)n3C)cc(C(=O)NCc2c(C)cc(C)[nH]c2=O)c1C)C1CCOCC1. The van der Waals surface area contributed by atoms with Gasteiger partial charge in [0.2, 0.25) is 6.30 Å². The van der Waals surface area contributed by atoms with Gasteiger partial charge in [0, 0.05) is 75.0 Å². The smallest absolute Gasteiger partial charge is 0.329 e. The fourth-order valence-electron chi connectivity index (χ4n) is 7.30. The zero-order valence-corrected chi connectivity index (χ0v) is 28.5. The van der Waals surface area contributed by atoms with Gasteiger partial charge < -0.3 is 19.9 Å². The number of imidazole rings is 1. The number of nitrogens with zero attached hydrogens (tertiary/aromatic N) is 4. The molecule has 4 heterocycles. The van der Waals surface area contributed by atoms with Crippen LogP contribution >= 0.6 is 0 Å². The highest BCUT2D eigenvalue weighted by atomic mass is 19.3. The number of aryl methyl sites for hydroxylation is 3. The van der Waals surface area contributed by atoms with E-state index in [0.717, 1.165) is 51.4 Å². The van der Waals surface area contributed by atoms with Crippen molar-refractivity contribution < 1.29 is 22.7 Å². The van der Waals surface area contributed by atoms with Crippen LogP contribution in [-0.2, 0) is 18.3 Å². The summed E-state index contributed by atoms with van der Waals surface area (Å²) in [6.45, 7) is 9.72. The monoisotopic (exact) mass is 680 g/mol. The Kier molecular flexibility index (Phi) is 9.76. The summed E-state index contributed by atoms with van der Waals surface area (Å²) in [4.78, 5) is 46.1. The van der Waals surface area contributed by atoms with E-state index in [-0.39, 0.29) is 42.8 Å². The number of ether oxygens (including phenoxy) is 1. The number of benzene rings is 2. The molecule has 2 saturated heterocycles. The molecule has 2 aliphatic rings. The van der Waals surface area contributed by atoms with Crippen LogP contribution in [0.2, 0.25) is 0 Å². The molecule has 6 rings (SSSR count). The minimum absolute atomic E-state index is 0.00634. The molecule has 2 N–H and O–H groups in total. The van der Waals surface area contributed by atoms with Crippen LogP contribution in [0.4, 0.5) is 18.9 Å². The number of alkyl halides is 3. The topological polar surface area (TPSA) is 105 Å². The fraction of sp³-hybridized carbons (Fsp3) is 0.472. The third kappa shape index (κ3) is 6.53. The van der Waals surface area contributed by atoms with Gasteiger partial charge in [0.05, 0.1) is 17.1 Å². The summed E-state index contributed by atoms with van der Waals surface area (Å²) in [7, 11) is 1.65. The summed E-state index contributed by atoms with van der Waals surface area (Å²) < 4.78 is 48.7. The zero-order valence-electron chi connectivity index (χ0n) is 28.5. The van der Waals surface area contributed by atoms with E-state index in [0.29, 0.717) is 41.9 Å². The number of carbonyl (C=O) groups excluding carboxylic acids is 1. The largest absolute Gasteiger partial charge is 0.381 e. The lowest BCUT2D eigenvalue weighted by Gasteiger charge is -2.41. The van der Waals surface area contributed by atoms with Crippen molar-refractivity contribution in [3.8, 4) is 11.1 Å². The Hall–Kier alpha value is -4.36. The predicted molar refractivity (Wildman–Crippen MR) is 183 cm³/mol. The van der Waals surface area contributed by atoms with Crippen molar-refractivity contribution in [2.75, 3.05) is 37.7 Å². The van der Waals surface area contributed by atoms with Crippen molar-refractivity contribution in [2.45, 2.75) is 71.9 Å². The third-order valence-electron chi connectivity index (χ3n) is 10.1. The summed E-state index contributed by atoms with van der Waals surface area (Å²) in [6, 6.07) is 11.1. The van der Waals surface area contributed by atoms with E-state index in [1.807, 2.05) is 51.1 Å². The van der Waals surface area contributed by atoms with E-state index in [2.05, 4.69) is 28.2 Å². The number of likely N-dealkylation sites (tertiary alicyclic amines) is 1. The van der Waals surface area contributed by atoms with Gasteiger partial charge in [0.15, 0.2) is 0 Å². The number of hydrogen-bond acceptors (Lipinski definition) is 6. The first-order chi connectivity index (χ1) is 23.4. The Morgan fingerprint density at radius 1 is 1.02 bits per heavy atom. The molecule has 2 aromatic heterocycles. The summed E-state index contributed by atoms with van der Waals surface area (Å²) in [5.74, 6) is -0.324. The summed E-state index contributed by atoms with van der Waals surface area (Å²) in [5, 5.41) is 2.97. The molecule has 49 heavy (non-hydrogen) atoms. The van der Waals surface area contributed by atoms with E-state index < -0.39 is 18.8 Å². The number of anilines is 1. The Balaban J connectivity index is 1.41. The van der Waals surface area contributed by atoms with Gasteiger partial charge in [0.1, 0.15) is 0 Å². The van der Waals surface area contributed by atoms with Gasteiger partial charge in [-0.15, -0.1) is 0 Å². The lowest BCUT2D eigenvalue weighted by molar-refractivity contribution is -0.0916. The van der Waals surface area contributed by atoms with E-state index in [1.54, 1.807) is 11.6 Å². The lowest BCUT2D eigenvalue weighted by Crippen LogP contribution is -2.55. The van der Waals surface area contributed by atoms with Gasteiger partial charge in [-0.2, -0.15) is 0 Å². The number of nitrogens with one attached hydrogen (secondary N) is 2. The van der Waals surface area contributed by atoms with Crippen molar-refractivity contribution in [1.29, 1.82) is 0 Å². The quantitative estimate of drug-likeness (QED) is 0.229. The molecule has 0 spiro atoms. The number of fused-ring (bicyclic) bond motifs is 1. The van der Waals surface area contributed by atoms with Crippen LogP contribution < -0.4 is 21.5 Å². The standard InChI is InChI=1S/C36H43F3N6O4/c1-6-44(25-9-11-49-12-10-25)30-16-24(14-27(22(30)4)34(46)40-17-28-20(2)13-21(3)41-35(28)47)23-7-8-29-31(15-23)45(36(48)42(29)5)26-18-43(19-26)33(39)32(37)38/h7-8,13-16,25-26,32-33H,6,9-12,17-19H2,1-5H3,(H,40,46)(H,41,47). The summed E-state index contributed by atoms with van der Waals surface area (Å²) in [6.07, 6.45) is -3.80. The van der Waals surface area contributed by atoms with Crippen molar-refractivity contribution in [1.82, 2.24) is 24.3 Å². The number of amides is 1. The maximum Gasteiger partial charge on any atom is 0.329 e. The molecule has 4 aromatic rings. The molecule has 0 aliphatic carbocycles. The van der Waals surface area contributed by atoms with Crippen molar-refractivity contribution in [3.63, 3.8) is 0 Å². The average Bonchev–Trinajstić information content (AvgIpc) is 3.29. The van der Waals surface area contributed by atoms with Gasteiger partial charge in [0.25, 0.3) is 17.9 Å². The van der Waals surface area contributed by atoms with E-state index in [4.69, 9.17) is 4.74 Å². The van der Waals surface area contributed by atoms with Crippen LogP contribution in [0.15, 0.2) is 46.0 Å². The Morgan fingerprint density at radius 2 is 1.73 bits per heavy atom. The normalized spacial score (nSPS) is 16.7. The predicted octanol–water partition coefficient (Wildman–Crippen LogP) is 4.97. The number of aromatic nitrogens is 3. The molecule has 13 heteroatoms. The van der Waals surface area contributed by atoms with Crippen molar-refractivity contribution >= 4 is 22.6 Å². The second kappa shape index (κ2) is 13.9. The zero-order chi connectivity index (χ0) is 35.1. The van der Waals surface area contributed by atoms with E-state index in [9.17, 15) is 27.6 Å². The molecule has 2 aromatic carbocycles. The minimum Gasteiger partial charge on any atom is -0.381 e. The molecular formula is C36H43F3N6O4. The second-order valence-electron chi connectivity index (χ2n) is 13.2. The van der Waals surface area contributed by atoms with Crippen LogP contribution in [0.1, 0.15) is 58.5 Å². The molecule has 1 atom stereocenters. The number of hydrogen-bond donors (Lipinski definition) is 2. The molecule has 0 bridgehead atoms. The summed E-state index contributed by atoms with van der Waals surface area (Å²) >= 11 is 0. The van der Waals surface area contributed by atoms with Gasteiger partial charge in [-0.1, -0.05) is 6.07 Å². The van der Waals surface area contributed by atoms with Crippen LogP contribution in [0.5, 0.6) is 0 Å². The van der Waals surface area contributed by atoms with Crippen LogP contribution in [0.3, 0.4) is 0 Å². The highest BCUT2D eigenvalue weighted by Crippen LogP contribution is 2.36. The van der Waals surface area contributed by atoms with Crippen LogP contribution in [0.25, 0.3) is 22.2 Å². The molecule has 1 amide bonds. The van der Waals surface area contributed by atoms with Crippen LogP contribution in [-0.4, -0.2) is 76.5 Å². The number of pyridine rings is 1. The molecule has 0 radical (unpaired) electrons. The van der Waals surface area contributed by atoms with Gasteiger partial charge in [-0.05, 0) is 93.1 Å². The third-order valence-corrected chi connectivity index (χ3v) is 10.1. The molecule has 1 unspecified atom stereocenters. The molecular weight excluding hydrogens is 637 g/mol. The average molecular weight is 681 g/mol. The van der Waals surface area contributed by atoms with Crippen LogP contribution in [0, 0.1) is 20.8 Å². The number of carbonyl (C=O) groups is 1. The van der Waals surface area contributed by atoms with Crippen molar-refractivity contribution in [2.24, 2.45) is 7.05 Å². The fourth-order valence-corrected chi connectivity index (χ4v) is 7.30. The number of aromatic amines is 1. The molecule has 2 fully saturated rings. The van der Waals surface area contributed by atoms with Gasteiger partial charge in [-0.25, -0.2) is 18.0 Å². The number of rotatable bonds is 10. The highest BCUT2D eigenvalue weighted by molar-refractivity contribution is 5.99. The maximum absolute atomic E-state index is 14.0. The Labute approximate surface area is 282 Å². The molecule has 10 nitrogen and oxygen atoms in total. The van der Waals surface area contributed by atoms with Gasteiger partial charge in [-0.3, -0.25) is 23.6 Å². The summed E-state index contributed by atoms with van der Waals surface area (Å²) in [5.41, 5.74) is 6.39. The lowest BCUT2D eigenvalue weighted by atomic mass is 9.95. The second-order valence-corrected chi connectivity index (χ2v) is 13.2. The van der Waals surface area contributed by atoms with E-state index in [1.165, 1.54) is 4.57 Å². The first-order valence-electron chi connectivity index (χ1n) is 16.7. The van der Waals surface area contributed by atoms with E-state index >= 15 is 0 Å². The minimum atomic E-state index is -3.12. The Bertz CT molecular complexity index is 1990. The molecule has 2 aliphatic heterocycles. The maximum atomic E-state index is 14.0. The first-order valence-corrected chi connectivity index (χ1v) is 16.7. The van der Waals surface area contributed by atoms with Crippen molar-refractivity contribution in [3.05, 3.63) is 85.2 Å². The number of halogens is 3.